The molecule has 4 nitrogen and oxygen atoms in total. The van der Waals surface area contributed by atoms with E-state index in [1.54, 1.807) is 7.11 Å². The van der Waals surface area contributed by atoms with Crippen LogP contribution in [0.4, 0.5) is 0 Å². The van der Waals surface area contributed by atoms with Gasteiger partial charge in [0.25, 0.3) is 0 Å². The van der Waals surface area contributed by atoms with Gasteiger partial charge in [0.2, 0.25) is 0 Å². The van der Waals surface area contributed by atoms with E-state index in [4.69, 9.17) is 4.74 Å². The number of rotatable bonds is 7. The molecule has 1 fully saturated rings. The molecule has 1 aromatic heterocycles. The lowest BCUT2D eigenvalue weighted by Crippen LogP contribution is -2.23. The predicted molar refractivity (Wildman–Crippen MR) is 100 cm³/mol. The zero-order valence-electron chi connectivity index (χ0n) is 15.5. The first-order valence-corrected chi connectivity index (χ1v) is 9.15. The van der Waals surface area contributed by atoms with Crippen molar-refractivity contribution in [2.24, 2.45) is 0 Å². The van der Waals surface area contributed by atoms with Crippen LogP contribution in [0.5, 0.6) is 5.75 Å². The molecule has 0 unspecified atom stereocenters. The molecule has 1 aromatic carbocycles. The van der Waals surface area contributed by atoms with Gasteiger partial charge < -0.3 is 14.6 Å². The Balaban J connectivity index is 1.60. The van der Waals surface area contributed by atoms with E-state index >= 15 is 0 Å². The average molecular weight is 340 g/mol. The minimum Gasteiger partial charge on any atom is -0.497 e. The maximum atomic E-state index is 12.6. The summed E-state index contributed by atoms with van der Waals surface area (Å²) in [5.41, 5.74) is 4.35. The second kappa shape index (κ2) is 7.87. The minimum absolute atomic E-state index is 0.172. The minimum atomic E-state index is 0.172. The van der Waals surface area contributed by atoms with Crippen molar-refractivity contribution in [3.8, 4) is 5.75 Å². The molecule has 0 amide bonds. The van der Waals surface area contributed by atoms with Crippen LogP contribution >= 0.6 is 0 Å². The second-order valence-corrected chi connectivity index (χ2v) is 6.97. The molecule has 1 aliphatic rings. The summed E-state index contributed by atoms with van der Waals surface area (Å²) in [4.78, 5) is 12.6. The topological polar surface area (TPSA) is 43.3 Å². The molecule has 0 saturated heterocycles. The first kappa shape index (κ1) is 17.7. The van der Waals surface area contributed by atoms with Crippen LogP contribution < -0.4 is 10.1 Å². The van der Waals surface area contributed by atoms with Gasteiger partial charge in [0.15, 0.2) is 5.78 Å². The first-order valence-electron chi connectivity index (χ1n) is 9.15. The average Bonchev–Trinajstić information content (AvgIpc) is 3.23. The van der Waals surface area contributed by atoms with Crippen LogP contribution in [0.3, 0.4) is 0 Å². The van der Waals surface area contributed by atoms with Crippen molar-refractivity contribution in [1.29, 1.82) is 0 Å². The van der Waals surface area contributed by atoms with Crippen LogP contribution in [0, 0.1) is 13.8 Å². The van der Waals surface area contributed by atoms with Crippen molar-refractivity contribution >= 4 is 5.78 Å². The Labute approximate surface area is 150 Å². The lowest BCUT2D eigenvalue weighted by Gasteiger charge is -2.17. The summed E-state index contributed by atoms with van der Waals surface area (Å²) in [5.74, 6) is 1.02. The molecule has 3 rings (SSSR count). The molecular formula is C21H28N2O2. The van der Waals surface area contributed by atoms with Crippen LogP contribution in [0.25, 0.3) is 0 Å². The molecule has 25 heavy (non-hydrogen) atoms. The summed E-state index contributed by atoms with van der Waals surface area (Å²) in [6.07, 6.45) is 5.07. The number of hydrogen-bond donors (Lipinski definition) is 1. The van der Waals surface area contributed by atoms with Crippen molar-refractivity contribution in [3.63, 3.8) is 0 Å². The fraction of sp³-hybridized carbons (Fsp3) is 0.476. The van der Waals surface area contributed by atoms with E-state index in [0.29, 0.717) is 19.1 Å². The summed E-state index contributed by atoms with van der Waals surface area (Å²) >= 11 is 0. The third kappa shape index (κ3) is 3.96. The van der Waals surface area contributed by atoms with Crippen LogP contribution in [-0.4, -0.2) is 24.0 Å². The SMILES string of the molecule is COc1ccc(CNCC(=O)c2cc(C)n(C3CCCC3)c2C)cc1. The van der Waals surface area contributed by atoms with Gasteiger partial charge in [-0.15, -0.1) is 0 Å². The Bertz CT molecular complexity index is 725. The number of aryl methyl sites for hydroxylation is 1. The summed E-state index contributed by atoms with van der Waals surface area (Å²) in [5, 5.41) is 3.26. The smallest absolute Gasteiger partial charge is 0.178 e. The normalized spacial score (nSPS) is 14.8. The van der Waals surface area contributed by atoms with Crippen molar-refractivity contribution in [2.75, 3.05) is 13.7 Å². The van der Waals surface area contributed by atoms with Gasteiger partial charge in [-0.3, -0.25) is 4.79 Å². The lowest BCUT2D eigenvalue weighted by molar-refractivity contribution is 0.0990. The fourth-order valence-corrected chi connectivity index (χ4v) is 3.94. The number of methoxy groups -OCH3 is 1. The fourth-order valence-electron chi connectivity index (χ4n) is 3.94. The summed E-state index contributed by atoms with van der Waals surface area (Å²) in [7, 11) is 1.66. The van der Waals surface area contributed by atoms with E-state index in [1.165, 1.54) is 31.4 Å². The van der Waals surface area contributed by atoms with Gasteiger partial charge in [0.1, 0.15) is 5.75 Å². The van der Waals surface area contributed by atoms with Gasteiger partial charge in [-0.05, 0) is 50.5 Å². The molecule has 0 bridgehead atoms. The van der Waals surface area contributed by atoms with Gasteiger partial charge in [-0.1, -0.05) is 25.0 Å². The highest BCUT2D eigenvalue weighted by Crippen LogP contribution is 2.33. The number of nitrogens with one attached hydrogen (secondary N) is 1. The molecule has 1 N–H and O–H groups in total. The third-order valence-corrected chi connectivity index (χ3v) is 5.25. The van der Waals surface area contributed by atoms with Crippen molar-refractivity contribution in [3.05, 3.63) is 52.8 Å². The number of Topliss-reactive ketones (excluding diaryl/α,β-unsaturated/α-hetero) is 1. The second-order valence-electron chi connectivity index (χ2n) is 6.97. The quantitative estimate of drug-likeness (QED) is 0.768. The van der Waals surface area contributed by atoms with Gasteiger partial charge in [-0.2, -0.15) is 0 Å². The highest BCUT2D eigenvalue weighted by Gasteiger charge is 2.23. The third-order valence-electron chi connectivity index (χ3n) is 5.25. The summed E-state index contributed by atoms with van der Waals surface area (Å²) in [6.45, 7) is 5.24. The van der Waals surface area contributed by atoms with Crippen molar-refractivity contribution < 1.29 is 9.53 Å². The van der Waals surface area contributed by atoms with Gasteiger partial charge in [0, 0.05) is 29.5 Å². The van der Waals surface area contributed by atoms with Crippen LogP contribution in [-0.2, 0) is 6.54 Å². The molecule has 0 aliphatic heterocycles. The Hall–Kier alpha value is -2.07. The number of ketones is 1. The molecule has 0 radical (unpaired) electrons. The number of aromatic nitrogens is 1. The molecule has 1 heterocycles. The highest BCUT2D eigenvalue weighted by atomic mass is 16.5. The maximum Gasteiger partial charge on any atom is 0.178 e. The standard InChI is InChI=1S/C21H28N2O2/c1-15-12-20(16(2)23(15)18-6-4-5-7-18)21(24)14-22-13-17-8-10-19(25-3)11-9-17/h8-12,18,22H,4-7,13-14H2,1-3H3. The monoisotopic (exact) mass is 340 g/mol. The van der Waals surface area contributed by atoms with Crippen LogP contribution in [0.15, 0.2) is 30.3 Å². The van der Waals surface area contributed by atoms with Crippen LogP contribution in [0.2, 0.25) is 0 Å². The molecule has 0 atom stereocenters. The Morgan fingerprint density at radius 3 is 2.52 bits per heavy atom. The largest absolute Gasteiger partial charge is 0.497 e. The van der Waals surface area contributed by atoms with E-state index in [2.05, 4.69) is 29.8 Å². The van der Waals surface area contributed by atoms with Crippen LogP contribution in [0.1, 0.15) is 59.0 Å². The highest BCUT2D eigenvalue weighted by molar-refractivity contribution is 5.99. The molecule has 4 heteroatoms. The Kier molecular flexibility index (Phi) is 5.59. The predicted octanol–water partition coefficient (Wildman–Crippen LogP) is 4.20. The number of hydrogen-bond acceptors (Lipinski definition) is 3. The molecule has 1 aliphatic carbocycles. The van der Waals surface area contributed by atoms with Gasteiger partial charge in [-0.25, -0.2) is 0 Å². The van der Waals surface area contributed by atoms with E-state index in [9.17, 15) is 4.79 Å². The summed E-state index contributed by atoms with van der Waals surface area (Å²) < 4.78 is 7.54. The zero-order valence-corrected chi connectivity index (χ0v) is 15.5. The van der Waals surface area contributed by atoms with Gasteiger partial charge >= 0.3 is 0 Å². The van der Waals surface area contributed by atoms with Gasteiger partial charge in [0.05, 0.1) is 13.7 Å². The number of ether oxygens (including phenoxy) is 1. The van der Waals surface area contributed by atoms with E-state index in [0.717, 1.165) is 22.6 Å². The first-order chi connectivity index (χ1) is 12.1. The molecule has 1 saturated carbocycles. The number of carbonyl (C=O) groups is 1. The number of carbonyl (C=O) groups excluding carboxylic acids is 1. The molecule has 2 aromatic rings. The lowest BCUT2D eigenvalue weighted by atomic mass is 10.1. The van der Waals surface area contributed by atoms with E-state index in [-0.39, 0.29) is 5.78 Å². The van der Waals surface area contributed by atoms with E-state index < -0.39 is 0 Å². The molecule has 134 valence electrons. The Morgan fingerprint density at radius 2 is 1.88 bits per heavy atom. The summed E-state index contributed by atoms with van der Waals surface area (Å²) in [6, 6.07) is 10.5. The number of nitrogens with zero attached hydrogens (tertiary/aromatic N) is 1. The maximum absolute atomic E-state index is 12.6. The zero-order chi connectivity index (χ0) is 17.8. The van der Waals surface area contributed by atoms with Crippen molar-refractivity contribution in [2.45, 2.75) is 52.1 Å². The number of benzene rings is 1. The molecule has 0 spiro atoms. The molecular weight excluding hydrogens is 312 g/mol. The van der Waals surface area contributed by atoms with Crippen molar-refractivity contribution in [1.82, 2.24) is 9.88 Å². The van der Waals surface area contributed by atoms with E-state index in [1.807, 2.05) is 24.3 Å². The Morgan fingerprint density at radius 1 is 1.20 bits per heavy atom.